The number of nitrogens with zero attached hydrogens (tertiary/aromatic N) is 1. The SMILES string of the molecule is CC(c1ccc(Cl)cc1Cl)N(C)C(=O)c1ccc(CS(=O)(=O)c2ccccc2)o1. The summed E-state index contributed by atoms with van der Waals surface area (Å²) in [4.78, 5) is 14.5. The fourth-order valence-corrected chi connectivity index (χ4v) is 4.70. The molecule has 1 aromatic heterocycles. The molecule has 0 saturated carbocycles. The van der Waals surface area contributed by atoms with Crippen LogP contribution in [0.1, 0.15) is 34.8 Å². The van der Waals surface area contributed by atoms with Crippen LogP contribution in [0.4, 0.5) is 0 Å². The molecule has 1 amide bonds. The van der Waals surface area contributed by atoms with Gasteiger partial charge >= 0.3 is 0 Å². The van der Waals surface area contributed by atoms with Gasteiger partial charge in [0.25, 0.3) is 5.91 Å². The summed E-state index contributed by atoms with van der Waals surface area (Å²) in [6.45, 7) is 1.83. The fraction of sp³-hybridized carbons (Fsp3) is 0.190. The van der Waals surface area contributed by atoms with Gasteiger partial charge in [-0.2, -0.15) is 0 Å². The zero-order valence-electron chi connectivity index (χ0n) is 15.8. The third-order valence-electron chi connectivity index (χ3n) is 4.62. The van der Waals surface area contributed by atoms with Crippen molar-refractivity contribution in [3.63, 3.8) is 0 Å². The third-order valence-corrected chi connectivity index (χ3v) is 6.84. The Morgan fingerprint density at radius 2 is 1.76 bits per heavy atom. The van der Waals surface area contributed by atoms with E-state index < -0.39 is 9.84 Å². The molecule has 0 aliphatic heterocycles. The molecule has 0 fully saturated rings. The van der Waals surface area contributed by atoms with E-state index in [1.165, 1.54) is 29.2 Å². The normalized spacial score (nSPS) is 12.6. The Labute approximate surface area is 179 Å². The van der Waals surface area contributed by atoms with Gasteiger partial charge in [-0.1, -0.05) is 47.5 Å². The van der Waals surface area contributed by atoms with Crippen LogP contribution in [-0.4, -0.2) is 26.3 Å². The fourth-order valence-electron chi connectivity index (χ4n) is 2.87. The third kappa shape index (κ3) is 4.83. The predicted molar refractivity (Wildman–Crippen MR) is 113 cm³/mol. The van der Waals surface area contributed by atoms with Crippen LogP contribution < -0.4 is 0 Å². The van der Waals surface area contributed by atoms with Crippen molar-refractivity contribution in [2.45, 2.75) is 23.6 Å². The van der Waals surface area contributed by atoms with Gasteiger partial charge in [0, 0.05) is 17.1 Å². The summed E-state index contributed by atoms with van der Waals surface area (Å²) >= 11 is 12.2. The molecule has 0 saturated heterocycles. The number of hydrogen-bond donors (Lipinski definition) is 0. The standard InChI is InChI=1S/C21H19Cl2NO4S/c1-14(18-10-8-15(22)12-19(18)23)24(2)21(25)20-11-9-16(28-20)13-29(26,27)17-6-4-3-5-7-17/h3-12,14H,13H2,1-2H3. The average Bonchev–Trinajstić information content (AvgIpc) is 3.14. The zero-order chi connectivity index (χ0) is 21.2. The first-order valence-corrected chi connectivity index (χ1v) is 11.2. The maximum Gasteiger partial charge on any atom is 0.289 e. The maximum absolute atomic E-state index is 12.8. The van der Waals surface area contributed by atoms with E-state index in [0.717, 1.165) is 5.56 Å². The first kappa shape index (κ1) is 21.4. The Morgan fingerprint density at radius 3 is 2.41 bits per heavy atom. The molecule has 0 radical (unpaired) electrons. The topological polar surface area (TPSA) is 67.6 Å². The number of rotatable bonds is 6. The smallest absolute Gasteiger partial charge is 0.289 e. The molecule has 8 heteroatoms. The van der Waals surface area contributed by atoms with Crippen LogP contribution in [0.2, 0.25) is 10.0 Å². The van der Waals surface area contributed by atoms with Crippen LogP contribution in [0.15, 0.2) is 70.0 Å². The van der Waals surface area contributed by atoms with E-state index in [9.17, 15) is 13.2 Å². The lowest BCUT2D eigenvalue weighted by Gasteiger charge is -2.25. The van der Waals surface area contributed by atoms with Gasteiger partial charge < -0.3 is 9.32 Å². The molecule has 0 spiro atoms. The lowest BCUT2D eigenvalue weighted by molar-refractivity contribution is 0.0709. The van der Waals surface area contributed by atoms with Gasteiger partial charge in [-0.05, 0) is 48.9 Å². The Bertz CT molecular complexity index is 1130. The zero-order valence-corrected chi connectivity index (χ0v) is 18.1. The second-order valence-electron chi connectivity index (χ2n) is 6.60. The highest BCUT2D eigenvalue weighted by Gasteiger charge is 2.24. The highest BCUT2D eigenvalue weighted by Crippen LogP contribution is 2.30. The van der Waals surface area contributed by atoms with E-state index in [4.69, 9.17) is 27.6 Å². The van der Waals surface area contributed by atoms with Crippen molar-refractivity contribution in [3.05, 3.63) is 87.8 Å². The molecule has 5 nitrogen and oxygen atoms in total. The first-order valence-electron chi connectivity index (χ1n) is 8.77. The van der Waals surface area contributed by atoms with Crippen molar-refractivity contribution in [2.75, 3.05) is 7.05 Å². The predicted octanol–water partition coefficient (Wildman–Crippen LogP) is 5.39. The van der Waals surface area contributed by atoms with Gasteiger partial charge in [0.15, 0.2) is 15.6 Å². The highest BCUT2D eigenvalue weighted by atomic mass is 35.5. The second-order valence-corrected chi connectivity index (χ2v) is 9.43. The molecule has 1 unspecified atom stereocenters. The first-order chi connectivity index (χ1) is 13.7. The summed E-state index contributed by atoms with van der Waals surface area (Å²) < 4.78 is 30.5. The molecule has 2 aromatic carbocycles. The van der Waals surface area contributed by atoms with Gasteiger partial charge in [-0.15, -0.1) is 0 Å². The molecule has 152 valence electrons. The Hall–Kier alpha value is -2.28. The molecule has 0 aliphatic carbocycles. The summed E-state index contributed by atoms with van der Waals surface area (Å²) in [7, 11) is -1.94. The number of benzene rings is 2. The number of hydrogen-bond acceptors (Lipinski definition) is 4. The van der Waals surface area contributed by atoms with Crippen molar-refractivity contribution >= 4 is 38.9 Å². The van der Waals surface area contributed by atoms with Crippen LogP contribution in [0.5, 0.6) is 0 Å². The lowest BCUT2D eigenvalue weighted by atomic mass is 10.1. The largest absolute Gasteiger partial charge is 0.455 e. The Kier molecular flexibility index (Phi) is 6.36. The molecular weight excluding hydrogens is 433 g/mol. The summed E-state index contributed by atoms with van der Waals surface area (Å²) in [6, 6.07) is 15.8. The summed E-state index contributed by atoms with van der Waals surface area (Å²) in [5.74, 6) is -0.454. The average molecular weight is 452 g/mol. The van der Waals surface area contributed by atoms with Crippen LogP contribution in [0, 0.1) is 0 Å². The maximum atomic E-state index is 12.8. The number of halogens is 2. The minimum atomic E-state index is -3.56. The summed E-state index contributed by atoms with van der Waals surface area (Å²) in [5.41, 5.74) is 0.741. The van der Waals surface area contributed by atoms with Gasteiger partial charge in [0.2, 0.25) is 0 Å². The van der Waals surface area contributed by atoms with Crippen molar-refractivity contribution < 1.29 is 17.6 Å². The van der Waals surface area contributed by atoms with Crippen molar-refractivity contribution in [1.82, 2.24) is 4.90 Å². The molecule has 0 aliphatic rings. The molecule has 3 rings (SSSR count). The lowest BCUT2D eigenvalue weighted by Crippen LogP contribution is -2.29. The molecule has 3 aromatic rings. The molecule has 0 N–H and O–H groups in total. The van der Waals surface area contributed by atoms with Crippen molar-refractivity contribution in [2.24, 2.45) is 0 Å². The minimum absolute atomic E-state index is 0.0581. The van der Waals surface area contributed by atoms with E-state index >= 15 is 0 Å². The van der Waals surface area contributed by atoms with Crippen molar-refractivity contribution in [3.8, 4) is 0 Å². The number of amides is 1. The van der Waals surface area contributed by atoms with Crippen LogP contribution in [0.25, 0.3) is 0 Å². The number of carbonyl (C=O) groups excluding carboxylic acids is 1. The summed E-state index contributed by atoms with van der Waals surface area (Å²) in [5, 5.41) is 0.967. The van der Waals surface area contributed by atoms with Crippen molar-refractivity contribution in [1.29, 1.82) is 0 Å². The Balaban J connectivity index is 1.76. The number of furan rings is 1. The van der Waals surface area contributed by atoms with E-state index in [0.29, 0.717) is 10.0 Å². The highest BCUT2D eigenvalue weighted by molar-refractivity contribution is 7.90. The quantitative estimate of drug-likeness (QED) is 0.503. The Morgan fingerprint density at radius 1 is 1.07 bits per heavy atom. The summed E-state index contributed by atoms with van der Waals surface area (Å²) in [6.07, 6.45) is 0. The van der Waals surface area contributed by atoms with Crippen LogP contribution in [0.3, 0.4) is 0 Å². The molecule has 1 heterocycles. The van der Waals surface area contributed by atoms with E-state index in [2.05, 4.69) is 0 Å². The minimum Gasteiger partial charge on any atom is -0.455 e. The van der Waals surface area contributed by atoms with Gasteiger partial charge in [-0.3, -0.25) is 4.79 Å². The van der Waals surface area contributed by atoms with E-state index in [-0.39, 0.29) is 34.1 Å². The van der Waals surface area contributed by atoms with Gasteiger partial charge in [0.1, 0.15) is 11.5 Å². The molecular formula is C21H19Cl2NO4S. The van der Waals surface area contributed by atoms with Crippen LogP contribution in [-0.2, 0) is 15.6 Å². The molecule has 0 bridgehead atoms. The second kappa shape index (κ2) is 8.61. The van der Waals surface area contributed by atoms with E-state index in [1.807, 2.05) is 6.92 Å². The number of carbonyl (C=O) groups is 1. The van der Waals surface area contributed by atoms with Gasteiger partial charge in [0.05, 0.1) is 10.9 Å². The monoisotopic (exact) mass is 451 g/mol. The number of sulfone groups is 1. The van der Waals surface area contributed by atoms with Gasteiger partial charge in [-0.25, -0.2) is 8.42 Å². The molecule has 29 heavy (non-hydrogen) atoms. The molecule has 1 atom stereocenters. The van der Waals surface area contributed by atoms with Crippen LogP contribution >= 0.6 is 23.2 Å². The van der Waals surface area contributed by atoms with E-state index in [1.54, 1.807) is 43.4 Å².